The summed E-state index contributed by atoms with van der Waals surface area (Å²) in [7, 11) is 0. The third-order valence-electron chi connectivity index (χ3n) is 1.70. The van der Waals surface area contributed by atoms with Crippen LogP contribution in [0.5, 0.6) is 0 Å². The molecule has 5 heteroatoms. The zero-order valence-corrected chi connectivity index (χ0v) is 8.16. The lowest BCUT2D eigenvalue weighted by Gasteiger charge is -1.95. The van der Waals surface area contributed by atoms with Gasteiger partial charge >= 0.3 is 0 Å². The van der Waals surface area contributed by atoms with E-state index in [1.165, 1.54) is 11.3 Å². The summed E-state index contributed by atoms with van der Waals surface area (Å²) in [6.07, 6.45) is 0. The smallest absolute Gasteiger partial charge is 0.142 e. The van der Waals surface area contributed by atoms with Gasteiger partial charge in [0, 0.05) is 5.38 Å². The maximum atomic E-state index is 8.85. The van der Waals surface area contributed by atoms with Crippen LogP contribution in [0.1, 0.15) is 5.69 Å². The van der Waals surface area contributed by atoms with Gasteiger partial charge in [-0.15, -0.1) is 11.3 Å². The van der Waals surface area contributed by atoms with Crippen molar-refractivity contribution in [2.45, 2.75) is 6.61 Å². The Labute approximate surface area is 85.1 Å². The molecular formula is C9H9N3OS. The van der Waals surface area contributed by atoms with Crippen LogP contribution in [0.4, 0.5) is 5.82 Å². The van der Waals surface area contributed by atoms with Crippen molar-refractivity contribution < 1.29 is 5.11 Å². The van der Waals surface area contributed by atoms with Crippen molar-refractivity contribution in [3.05, 3.63) is 29.3 Å². The van der Waals surface area contributed by atoms with Gasteiger partial charge in [0.15, 0.2) is 0 Å². The lowest BCUT2D eigenvalue weighted by atomic mass is 10.3. The summed E-state index contributed by atoms with van der Waals surface area (Å²) in [5.74, 6) is 0.475. The Morgan fingerprint density at radius 3 is 2.86 bits per heavy atom. The number of nitrogens with zero attached hydrogens (tertiary/aromatic N) is 2. The number of hydrogen-bond donors (Lipinski definition) is 2. The van der Waals surface area contributed by atoms with Crippen molar-refractivity contribution in [2.75, 3.05) is 5.73 Å². The number of hydrogen-bond acceptors (Lipinski definition) is 5. The highest BCUT2D eigenvalue weighted by Crippen LogP contribution is 2.22. The third-order valence-corrected chi connectivity index (χ3v) is 2.62. The Morgan fingerprint density at radius 1 is 1.36 bits per heavy atom. The molecule has 0 aromatic carbocycles. The minimum Gasteiger partial charge on any atom is -0.390 e. The number of nitrogens with two attached hydrogens (primary N) is 1. The molecule has 0 fully saturated rings. The summed E-state index contributed by atoms with van der Waals surface area (Å²) in [5.41, 5.74) is 6.96. The molecular weight excluding hydrogens is 198 g/mol. The molecule has 2 rings (SSSR count). The molecule has 2 heterocycles. The van der Waals surface area contributed by atoms with E-state index >= 15 is 0 Å². The summed E-state index contributed by atoms with van der Waals surface area (Å²) < 4.78 is 0. The molecule has 0 atom stereocenters. The summed E-state index contributed by atoms with van der Waals surface area (Å²) in [5, 5.41) is 11.4. The summed E-state index contributed by atoms with van der Waals surface area (Å²) in [6.45, 7) is -0.0428. The van der Waals surface area contributed by atoms with E-state index < -0.39 is 0 Å². The highest BCUT2D eigenvalue weighted by molar-refractivity contribution is 7.13. The zero-order valence-electron chi connectivity index (χ0n) is 7.34. The first-order valence-electron chi connectivity index (χ1n) is 4.08. The van der Waals surface area contributed by atoms with Gasteiger partial charge in [-0.2, -0.15) is 0 Å². The van der Waals surface area contributed by atoms with Crippen LogP contribution < -0.4 is 5.73 Å². The van der Waals surface area contributed by atoms with Crippen LogP contribution in [0.25, 0.3) is 10.7 Å². The predicted octanol–water partition coefficient (Wildman–Crippen LogP) is 1.28. The highest BCUT2D eigenvalue weighted by atomic mass is 32.1. The highest BCUT2D eigenvalue weighted by Gasteiger charge is 2.04. The van der Waals surface area contributed by atoms with Crippen LogP contribution in [0.15, 0.2) is 23.6 Å². The van der Waals surface area contributed by atoms with E-state index in [-0.39, 0.29) is 6.61 Å². The first-order valence-corrected chi connectivity index (χ1v) is 4.96. The second-order valence-electron chi connectivity index (χ2n) is 2.75. The van der Waals surface area contributed by atoms with E-state index in [0.29, 0.717) is 11.5 Å². The van der Waals surface area contributed by atoms with Crippen LogP contribution in [0, 0.1) is 0 Å². The Bertz CT molecular complexity index is 441. The summed E-state index contributed by atoms with van der Waals surface area (Å²) in [4.78, 5) is 8.33. The topological polar surface area (TPSA) is 72.0 Å². The molecule has 0 saturated heterocycles. The second-order valence-corrected chi connectivity index (χ2v) is 3.61. The molecule has 0 aliphatic carbocycles. The van der Waals surface area contributed by atoms with E-state index in [4.69, 9.17) is 10.8 Å². The fourth-order valence-corrected chi connectivity index (χ4v) is 1.85. The molecule has 0 saturated carbocycles. The molecule has 0 unspecified atom stereocenters. The van der Waals surface area contributed by atoms with Crippen molar-refractivity contribution in [2.24, 2.45) is 0 Å². The number of aromatic nitrogens is 2. The average Bonchev–Trinajstić information content (AvgIpc) is 2.66. The fourth-order valence-electron chi connectivity index (χ4n) is 1.07. The maximum Gasteiger partial charge on any atom is 0.142 e. The van der Waals surface area contributed by atoms with E-state index in [9.17, 15) is 0 Å². The molecule has 2 aromatic rings. The van der Waals surface area contributed by atoms with Gasteiger partial charge in [-0.3, -0.25) is 0 Å². The largest absolute Gasteiger partial charge is 0.390 e. The second kappa shape index (κ2) is 3.73. The van der Waals surface area contributed by atoms with Gasteiger partial charge in [0.1, 0.15) is 16.5 Å². The first kappa shape index (κ1) is 9.11. The van der Waals surface area contributed by atoms with Gasteiger partial charge in [-0.1, -0.05) is 6.07 Å². The number of aliphatic hydroxyl groups excluding tert-OH is 1. The van der Waals surface area contributed by atoms with Gasteiger partial charge in [0.25, 0.3) is 0 Å². The van der Waals surface area contributed by atoms with E-state index in [0.717, 1.165) is 10.7 Å². The Hall–Kier alpha value is -1.46. The molecule has 0 bridgehead atoms. The molecule has 4 nitrogen and oxygen atoms in total. The molecule has 0 amide bonds. The fraction of sp³-hybridized carbons (Fsp3) is 0.111. The number of pyridine rings is 1. The van der Waals surface area contributed by atoms with Gasteiger partial charge in [0.2, 0.25) is 0 Å². The number of rotatable bonds is 2. The van der Waals surface area contributed by atoms with Crippen LogP contribution in [0.3, 0.4) is 0 Å². The van der Waals surface area contributed by atoms with Crippen molar-refractivity contribution in [3.63, 3.8) is 0 Å². The predicted molar refractivity (Wildman–Crippen MR) is 55.7 cm³/mol. The maximum absolute atomic E-state index is 8.85. The van der Waals surface area contributed by atoms with E-state index in [1.54, 1.807) is 11.4 Å². The van der Waals surface area contributed by atoms with Gasteiger partial charge in [-0.05, 0) is 12.1 Å². The molecule has 0 radical (unpaired) electrons. The molecule has 3 N–H and O–H groups in total. The molecule has 0 aliphatic rings. The van der Waals surface area contributed by atoms with Gasteiger partial charge in [0.05, 0.1) is 12.3 Å². The van der Waals surface area contributed by atoms with Crippen LogP contribution >= 0.6 is 11.3 Å². The zero-order chi connectivity index (χ0) is 9.97. The minimum atomic E-state index is -0.0428. The standard InChI is InChI=1S/C9H9N3OS/c10-8-3-1-2-7(12-8)9-11-6(4-13)5-14-9/h1-3,5,13H,4H2,(H2,10,12). The normalized spacial score (nSPS) is 10.4. The van der Waals surface area contributed by atoms with Gasteiger partial charge < -0.3 is 10.8 Å². The van der Waals surface area contributed by atoms with Crippen LogP contribution in [-0.4, -0.2) is 15.1 Å². The minimum absolute atomic E-state index is 0.0428. The monoisotopic (exact) mass is 207 g/mol. The molecule has 14 heavy (non-hydrogen) atoms. The van der Waals surface area contributed by atoms with E-state index in [1.807, 2.05) is 12.1 Å². The van der Waals surface area contributed by atoms with Crippen molar-refractivity contribution in [1.29, 1.82) is 0 Å². The Morgan fingerprint density at radius 2 is 2.21 bits per heavy atom. The van der Waals surface area contributed by atoms with Gasteiger partial charge in [-0.25, -0.2) is 9.97 Å². The molecule has 0 aliphatic heterocycles. The van der Waals surface area contributed by atoms with Crippen LogP contribution in [0.2, 0.25) is 0 Å². The number of thiazole rings is 1. The SMILES string of the molecule is Nc1cccc(-c2nc(CO)cs2)n1. The first-order chi connectivity index (χ1) is 6.79. The van der Waals surface area contributed by atoms with Crippen molar-refractivity contribution in [1.82, 2.24) is 9.97 Å². The van der Waals surface area contributed by atoms with Crippen molar-refractivity contribution >= 4 is 17.2 Å². The van der Waals surface area contributed by atoms with E-state index in [2.05, 4.69) is 9.97 Å². The summed E-state index contributed by atoms with van der Waals surface area (Å²) in [6, 6.07) is 5.40. The quantitative estimate of drug-likeness (QED) is 0.778. The number of aliphatic hydroxyl groups is 1. The molecule has 72 valence electrons. The average molecular weight is 207 g/mol. The molecule has 0 spiro atoms. The summed E-state index contributed by atoms with van der Waals surface area (Å²) >= 11 is 1.45. The lowest BCUT2D eigenvalue weighted by Crippen LogP contribution is -1.91. The Kier molecular flexibility index (Phi) is 2.43. The Balaban J connectivity index is 2.39. The van der Waals surface area contributed by atoms with Crippen molar-refractivity contribution in [3.8, 4) is 10.7 Å². The number of anilines is 1. The number of nitrogen functional groups attached to an aromatic ring is 1. The lowest BCUT2D eigenvalue weighted by molar-refractivity contribution is 0.278. The molecule has 2 aromatic heterocycles. The third kappa shape index (κ3) is 1.73. The van der Waals surface area contributed by atoms with Crippen LogP contribution in [-0.2, 0) is 6.61 Å².